The molecule has 0 saturated heterocycles. The Labute approximate surface area is 119 Å². The van der Waals surface area contributed by atoms with Crippen LogP contribution in [0.1, 0.15) is 15.9 Å². The molecular formula is C14H12BrFN2O. The molecule has 3 nitrogen and oxygen atoms in total. The molecule has 0 N–H and O–H groups in total. The summed E-state index contributed by atoms with van der Waals surface area (Å²) in [6.45, 7) is 0.426. The number of carbonyl (C=O) groups excluding carboxylic acids is 1. The SMILES string of the molecule is CN(Cc1cccnc1)C(=O)c1cccc(F)c1Br. The van der Waals surface area contributed by atoms with Crippen molar-refractivity contribution in [2.45, 2.75) is 6.54 Å². The average molecular weight is 323 g/mol. The van der Waals surface area contributed by atoms with Crippen LogP contribution in [0, 0.1) is 5.82 Å². The lowest BCUT2D eigenvalue weighted by Gasteiger charge is -2.18. The highest BCUT2D eigenvalue weighted by molar-refractivity contribution is 9.10. The fraction of sp³-hybridized carbons (Fsp3) is 0.143. The predicted molar refractivity (Wildman–Crippen MR) is 74.1 cm³/mol. The van der Waals surface area contributed by atoms with Crippen molar-refractivity contribution >= 4 is 21.8 Å². The largest absolute Gasteiger partial charge is 0.337 e. The summed E-state index contributed by atoms with van der Waals surface area (Å²) in [6.07, 6.45) is 3.37. The van der Waals surface area contributed by atoms with Gasteiger partial charge in [-0.1, -0.05) is 12.1 Å². The van der Waals surface area contributed by atoms with E-state index in [1.807, 2.05) is 12.1 Å². The van der Waals surface area contributed by atoms with E-state index in [1.165, 1.54) is 17.0 Å². The maximum absolute atomic E-state index is 13.4. The van der Waals surface area contributed by atoms with Gasteiger partial charge in [-0.05, 0) is 39.7 Å². The van der Waals surface area contributed by atoms with Gasteiger partial charge in [-0.25, -0.2) is 4.39 Å². The zero-order valence-corrected chi connectivity index (χ0v) is 11.9. The van der Waals surface area contributed by atoms with Crippen LogP contribution in [0.4, 0.5) is 4.39 Å². The van der Waals surface area contributed by atoms with Gasteiger partial charge in [0.25, 0.3) is 5.91 Å². The molecule has 19 heavy (non-hydrogen) atoms. The standard InChI is InChI=1S/C14H12BrFN2O/c1-18(9-10-4-3-7-17-8-10)14(19)11-5-2-6-12(16)13(11)15/h2-8H,9H2,1H3. The van der Waals surface area contributed by atoms with E-state index >= 15 is 0 Å². The van der Waals surface area contributed by atoms with Gasteiger partial charge in [-0.2, -0.15) is 0 Å². The van der Waals surface area contributed by atoms with Crippen molar-refractivity contribution in [3.05, 3.63) is 64.1 Å². The molecule has 0 aliphatic rings. The Morgan fingerprint density at radius 1 is 1.37 bits per heavy atom. The Bertz CT molecular complexity index is 589. The van der Waals surface area contributed by atoms with E-state index in [1.54, 1.807) is 25.5 Å². The molecule has 0 unspecified atom stereocenters. The average Bonchev–Trinajstić information content (AvgIpc) is 2.42. The minimum absolute atomic E-state index is 0.193. The molecule has 1 aromatic heterocycles. The number of aromatic nitrogens is 1. The van der Waals surface area contributed by atoms with Crippen molar-refractivity contribution in [3.8, 4) is 0 Å². The third-order valence-electron chi connectivity index (χ3n) is 2.67. The number of amides is 1. The molecule has 1 amide bonds. The van der Waals surface area contributed by atoms with Gasteiger partial charge in [-0.3, -0.25) is 9.78 Å². The van der Waals surface area contributed by atoms with Crippen LogP contribution < -0.4 is 0 Å². The first-order valence-electron chi connectivity index (χ1n) is 5.68. The normalized spacial score (nSPS) is 10.3. The molecule has 0 spiro atoms. The summed E-state index contributed by atoms with van der Waals surface area (Å²) in [5.41, 5.74) is 1.23. The molecule has 98 valence electrons. The molecule has 1 aromatic carbocycles. The molecule has 5 heteroatoms. The topological polar surface area (TPSA) is 33.2 Å². The molecule has 0 bridgehead atoms. The molecule has 0 aliphatic carbocycles. The molecule has 0 saturated carbocycles. The lowest BCUT2D eigenvalue weighted by molar-refractivity contribution is 0.0783. The number of hydrogen-bond donors (Lipinski definition) is 0. The van der Waals surface area contributed by atoms with Crippen molar-refractivity contribution in [2.24, 2.45) is 0 Å². The van der Waals surface area contributed by atoms with E-state index in [0.29, 0.717) is 12.1 Å². The van der Waals surface area contributed by atoms with Crippen molar-refractivity contribution in [3.63, 3.8) is 0 Å². The van der Waals surface area contributed by atoms with E-state index < -0.39 is 5.82 Å². The summed E-state index contributed by atoms with van der Waals surface area (Å²) in [5, 5.41) is 0. The van der Waals surface area contributed by atoms with Crippen LogP contribution in [0.3, 0.4) is 0 Å². The van der Waals surface area contributed by atoms with E-state index in [0.717, 1.165) is 5.56 Å². The lowest BCUT2D eigenvalue weighted by atomic mass is 10.2. The monoisotopic (exact) mass is 322 g/mol. The second kappa shape index (κ2) is 5.93. The zero-order chi connectivity index (χ0) is 13.8. The third-order valence-corrected chi connectivity index (χ3v) is 3.48. The first-order valence-corrected chi connectivity index (χ1v) is 6.47. The summed E-state index contributed by atoms with van der Waals surface area (Å²) < 4.78 is 13.6. The highest BCUT2D eigenvalue weighted by atomic mass is 79.9. The van der Waals surface area contributed by atoms with Crippen LogP contribution >= 0.6 is 15.9 Å². The number of rotatable bonds is 3. The summed E-state index contributed by atoms with van der Waals surface area (Å²) in [6, 6.07) is 8.12. The molecule has 0 aliphatic heterocycles. The predicted octanol–water partition coefficient (Wildman–Crippen LogP) is 3.26. The van der Waals surface area contributed by atoms with Crippen LogP contribution in [0.2, 0.25) is 0 Å². The van der Waals surface area contributed by atoms with Gasteiger partial charge in [0.2, 0.25) is 0 Å². The number of pyridine rings is 1. The Kier molecular flexibility index (Phi) is 4.27. The fourth-order valence-corrected chi connectivity index (χ4v) is 2.15. The second-order valence-corrected chi connectivity index (χ2v) is 4.92. The van der Waals surface area contributed by atoms with E-state index in [2.05, 4.69) is 20.9 Å². The lowest BCUT2D eigenvalue weighted by Crippen LogP contribution is -2.26. The Hall–Kier alpha value is -1.75. The molecular weight excluding hydrogens is 311 g/mol. The van der Waals surface area contributed by atoms with Gasteiger partial charge < -0.3 is 4.90 Å². The number of nitrogens with zero attached hydrogens (tertiary/aromatic N) is 2. The second-order valence-electron chi connectivity index (χ2n) is 4.12. The van der Waals surface area contributed by atoms with Gasteiger partial charge >= 0.3 is 0 Å². The van der Waals surface area contributed by atoms with Crippen LogP contribution in [0.15, 0.2) is 47.2 Å². The molecule has 2 rings (SSSR count). The summed E-state index contributed by atoms with van der Waals surface area (Å²) in [5.74, 6) is -0.684. The molecule has 0 radical (unpaired) electrons. The molecule has 1 heterocycles. The van der Waals surface area contributed by atoms with Crippen molar-refractivity contribution in [2.75, 3.05) is 7.05 Å². The molecule has 0 fully saturated rings. The van der Waals surface area contributed by atoms with Crippen LogP contribution in [-0.2, 0) is 6.54 Å². The summed E-state index contributed by atoms with van der Waals surface area (Å²) >= 11 is 3.10. The zero-order valence-electron chi connectivity index (χ0n) is 10.3. The van der Waals surface area contributed by atoms with Gasteiger partial charge in [-0.15, -0.1) is 0 Å². The quantitative estimate of drug-likeness (QED) is 0.869. The van der Waals surface area contributed by atoms with Gasteiger partial charge in [0.05, 0.1) is 10.0 Å². The molecule has 0 atom stereocenters. The highest BCUT2D eigenvalue weighted by Crippen LogP contribution is 2.22. The van der Waals surface area contributed by atoms with E-state index in [-0.39, 0.29) is 10.4 Å². The Morgan fingerprint density at radius 2 is 2.16 bits per heavy atom. The number of halogens is 2. The Morgan fingerprint density at radius 3 is 2.84 bits per heavy atom. The van der Waals surface area contributed by atoms with Crippen LogP contribution in [0.25, 0.3) is 0 Å². The number of carbonyl (C=O) groups is 1. The summed E-state index contributed by atoms with van der Waals surface area (Å²) in [7, 11) is 1.67. The minimum atomic E-state index is -0.444. The van der Waals surface area contributed by atoms with E-state index in [4.69, 9.17) is 0 Å². The highest BCUT2D eigenvalue weighted by Gasteiger charge is 2.17. The Balaban J connectivity index is 2.18. The van der Waals surface area contributed by atoms with Crippen molar-refractivity contribution in [1.29, 1.82) is 0 Å². The van der Waals surface area contributed by atoms with Crippen molar-refractivity contribution in [1.82, 2.24) is 9.88 Å². The van der Waals surface area contributed by atoms with Crippen molar-refractivity contribution < 1.29 is 9.18 Å². The van der Waals surface area contributed by atoms with Crippen LogP contribution in [-0.4, -0.2) is 22.8 Å². The van der Waals surface area contributed by atoms with Gasteiger partial charge in [0.1, 0.15) is 5.82 Å². The van der Waals surface area contributed by atoms with Crippen LogP contribution in [0.5, 0.6) is 0 Å². The first kappa shape index (κ1) is 13.7. The van der Waals surface area contributed by atoms with Gasteiger partial charge in [0.15, 0.2) is 0 Å². The maximum Gasteiger partial charge on any atom is 0.255 e. The smallest absolute Gasteiger partial charge is 0.255 e. The minimum Gasteiger partial charge on any atom is -0.337 e. The van der Waals surface area contributed by atoms with Gasteiger partial charge in [0, 0.05) is 26.0 Å². The maximum atomic E-state index is 13.4. The third kappa shape index (κ3) is 3.17. The number of benzene rings is 1. The number of hydrogen-bond acceptors (Lipinski definition) is 2. The van der Waals surface area contributed by atoms with E-state index in [9.17, 15) is 9.18 Å². The summed E-state index contributed by atoms with van der Waals surface area (Å²) in [4.78, 5) is 17.7. The molecule has 2 aromatic rings. The first-order chi connectivity index (χ1) is 9.09. The fourth-order valence-electron chi connectivity index (χ4n) is 1.71.